The van der Waals surface area contributed by atoms with Gasteiger partial charge in [0.1, 0.15) is 0 Å². The summed E-state index contributed by atoms with van der Waals surface area (Å²) in [6.45, 7) is 0. The summed E-state index contributed by atoms with van der Waals surface area (Å²) in [5.74, 6) is 2.43. The van der Waals surface area contributed by atoms with Crippen LogP contribution in [-0.4, -0.2) is 0 Å². The van der Waals surface area contributed by atoms with E-state index in [0.717, 1.165) is 0 Å². The first-order valence-corrected chi connectivity index (χ1v) is 24.6. The van der Waals surface area contributed by atoms with E-state index in [9.17, 15) is 0 Å². The molecule has 0 amide bonds. The van der Waals surface area contributed by atoms with Gasteiger partial charge in [-0.05, 0) is 58.6 Å². The molecular weight excluding hydrogens is 724 g/mol. The Balaban J connectivity index is 0.000000142. The Morgan fingerprint density at radius 3 is 0.685 bits per heavy atom. The first-order valence-electron chi connectivity index (χ1n) is 18.5. The van der Waals surface area contributed by atoms with Gasteiger partial charge in [-0.3, -0.25) is 0 Å². The predicted octanol–water partition coefficient (Wildman–Crippen LogP) is 14.1. The smallest absolute Gasteiger partial charge is 0.0155 e. The second-order valence-corrected chi connectivity index (χ2v) is 23.1. The molecule has 0 N–H and O–H groups in total. The van der Waals surface area contributed by atoms with Gasteiger partial charge in [-0.1, -0.05) is 218 Å². The molecule has 2 aromatic heterocycles. The molecule has 10 rings (SSSR count). The SMILES string of the molecule is c1ccc(P(Cp2c3ccccc3c3ccccc32)c2ccccc2)cc1.c1ccc(P(Cp2c3ccccc3c3ccccc32)c2ccccc2)cc1. The fourth-order valence-corrected chi connectivity index (χ4v) is 21.2. The highest BCUT2D eigenvalue weighted by atomic mass is 31.2. The highest BCUT2D eigenvalue weighted by molar-refractivity contribution is 7.83. The topological polar surface area (TPSA) is 0 Å². The summed E-state index contributed by atoms with van der Waals surface area (Å²) in [6.07, 6.45) is 0. The Morgan fingerprint density at radius 2 is 0.444 bits per heavy atom. The normalized spacial score (nSPS) is 11.4. The molecule has 0 spiro atoms. The van der Waals surface area contributed by atoms with E-state index in [1.54, 1.807) is 20.5 Å². The van der Waals surface area contributed by atoms with Crippen LogP contribution >= 0.6 is 30.9 Å². The van der Waals surface area contributed by atoms with Crippen LogP contribution in [0.2, 0.25) is 0 Å². The van der Waals surface area contributed by atoms with Gasteiger partial charge in [0.2, 0.25) is 0 Å². The first-order chi connectivity index (χ1) is 26.8. The molecule has 0 nitrogen and oxygen atoms in total. The Labute approximate surface area is 322 Å². The molecule has 0 radical (unpaired) electrons. The molecule has 0 saturated carbocycles. The molecule has 0 bridgehead atoms. The Kier molecular flexibility index (Phi) is 10.6. The summed E-state index contributed by atoms with van der Waals surface area (Å²) in [4.78, 5) is 0. The van der Waals surface area contributed by atoms with Crippen molar-refractivity contribution in [3.05, 3.63) is 218 Å². The van der Waals surface area contributed by atoms with Gasteiger partial charge in [0, 0.05) is 32.3 Å². The van der Waals surface area contributed by atoms with Crippen molar-refractivity contribution in [2.24, 2.45) is 0 Å². The molecule has 0 atom stereocenters. The van der Waals surface area contributed by atoms with Crippen molar-refractivity contribution in [1.29, 1.82) is 0 Å². The lowest BCUT2D eigenvalue weighted by Crippen LogP contribution is -2.11. The largest absolute Gasteiger partial charge is 0.104 e. The molecule has 10 aromatic rings. The van der Waals surface area contributed by atoms with Gasteiger partial charge < -0.3 is 0 Å². The number of hydrogen-bond acceptors (Lipinski definition) is 0. The van der Waals surface area contributed by atoms with Crippen molar-refractivity contribution < 1.29 is 0 Å². The average Bonchev–Trinajstić information content (AvgIpc) is 3.75. The van der Waals surface area contributed by atoms with E-state index in [1.807, 2.05) is 0 Å². The quantitative estimate of drug-likeness (QED) is 0.135. The van der Waals surface area contributed by atoms with Crippen LogP contribution < -0.4 is 21.2 Å². The Bertz CT molecular complexity index is 2390. The first kappa shape index (κ1) is 35.0. The highest BCUT2D eigenvalue weighted by Gasteiger charge is 2.20. The van der Waals surface area contributed by atoms with Crippen LogP contribution in [0.4, 0.5) is 0 Å². The van der Waals surface area contributed by atoms with Crippen LogP contribution in [0.1, 0.15) is 0 Å². The molecule has 2 heterocycles. The van der Waals surface area contributed by atoms with E-state index < -0.39 is 0 Å². The molecule has 4 heteroatoms. The van der Waals surface area contributed by atoms with Gasteiger partial charge in [0.05, 0.1) is 0 Å². The molecule has 0 saturated heterocycles. The lowest BCUT2D eigenvalue weighted by molar-refractivity contribution is 1.73. The van der Waals surface area contributed by atoms with Gasteiger partial charge in [-0.2, -0.15) is 0 Å². The summed E-state index contributed by atoms with van der Waals surface area (Å²) >= 11 is 0. The second-order valence-electron chi connectivity index (χ2n) is 13.4. The zero-order valence-electron chi connectivity index (χ0n) is 30.0. The third-order valence-electron chi connectivity index (χ3n) is 10.2. The van der Waals surface area contributed by atoms with Crippen LogP contribution in [0.15, 0.2) is 218 Å². The number of benzene rings is 8. The van der Waals surface area contributed by atoms with Crippen LogP contribution in [-0.2, 0) is 11.8 Å². The maximum absolute atomic E-state index is 2.35. The van der Waals surface area contributed by atoms with Gasteiger partial charge in [0.25, 0.3) is 0 Å². The van der Waals surface area contributed by atoms with E-state index in [4.69, 9.17) is 0 Å². The van der Waals surface area contributed by atoms with E-state index in [2.05, 4.69) is 218 Å². The van der Waals surface area contributed by atoms with Crippen molar-refractivity contribution in [3.63, 3.8) is 0 Å². The number of rotatable bonds is 8. The van der Waals surface area contributed by atoms with Crippen molar-refractivity contribution in [3.8, 4) is 0 Å². The minimum atomic E-state index is -0.382. The number of hydrogen-bond donors (Lipinski definition) is 0. The minimum Gasteiger partial charge on any atom is -0.104 e. The summed E-state index contributed by atoms with van der Waals surface area (Å²) in [5.41, 5.74) is 0. The Hall–Kier alpha value is -4.78. The summed E-state index contributed by atoms with van der Waals surface area (Å²) < 4.78 is 0. The lowest BCUT2D eigenvalue weighted by atomic mass is 10.2. The molecule has 0 aliphatic carbocycles. The second kappa shape index (κ2) is 16.3. The third-order valence-corrected chi connectivity index (χ3v) is 22.3. The zero-order chi connectivity index (χ0) is 36.1. The van der Waals surface area contributed by atoms with Crippen molar-refractivity contribution >= 4 is 94.1 Å². The summed E-state index contributed by atoms with van der Waals surface area (Å²) in [7, 11) is -1.43. The highest BCUT2D eigenvalue weighted by Crippen LogP contribution is 2.58. The fourth-order valence-electron chi connectivity index (χ4n) is 7.65. The van der Waals surface area contributed by atoms with Gasteiger partial charge in [-0.25, -0.2) is 0 Å². The lowest BCUT2D eigenvalue weighted by Gasteiger charge is -2.19. The maximum Gasteiger partial charge on any atom is 0.0155 e. The molecule has 54 heavy (non-hydrogen) atoms. The monoisotopic (exact) mass is 764 g/mol. The minimum absolute atomic E-state index is 0.335. The number of fused-ring (bicyclic) bond motifs is 6. The molecule has 0 fully saturated rings. The van der Waals surface area contributed by atoms with Gasteiger partial charge >= 0.3 is 0 Å². The molecule has 8 aromatic carbocycles. The molecular formula is C50H40P4. The maximum atomic E-state index is 2.35. The van der Waals surface area contributed by atoms with E-state index >= 15 is 0 Å². The third kappa shape index (κ3) is 7.10. The van der Waals surface area contributed by atoms with Crippen LogP contribution in [0, 0.1) is 0 Å². The van der Waals surface area contributed by atoms with Crippen LogP contribution in [0.3, 0.4) is 0 Å². The summed E-state index contributed by atoms with van der Waals surface area (Å²) in [5, 5.41) is 17.9. The van der Waals surface area contributed by atoms with Crippen molar-refractivity contribution in [1.82, 2.24) is 0 Å². The zero-order valence-corrected chi connectivity index (χ0v) is 33.6. The van der Waals surface area contributed by atoms with E-state index in [-0.39, 0.29) is 30.9 Å². The predicted molar refractivity (Wildman–Crippen MR) is 246 cm³/mol. The van der Waals surface area contributed by atoms with Crippen molar-refractivity contribution in [2.75, 3.05) is 0 Å². The molecule has 0 unspecified atom stereocenters. The van der Waals surface area contributed by atoms with Gasteiger partial charge in [-0.15, -0.1) is 15.1 Å². The van der Waals surface area contributed by atoms with Crippen LogP contribution in [0.5, 0.6) is 0 Å². The summed E-state index contributed by atoms with van der Waals surface area (Å²) in [6, 6.07) is 80.4. The molecule has 0 aliphatic heterocycles. The molecule has 0 aliphatic rings. The van der Waals surface area contributed by atoms with E-state index in [1.165, 1.54) is 54.6 Å². The van der Waals surface area contributed by atoms with Crippen molar-refractivity contribution in [2.45, 2.75) is 11.8 Å². The average molecular weight is 765 g/mol. The van der Waals surface area contributed by atoms with E-state index in [0.29, 0.717) is 0 Å². The van der Waals surface area contributed by atoms with Gasteiger partial charge in [0.15, 0.2) is 0 Å². The Morgan fingerprint density at radius 1 is 0.241 bits per heavy atom. The fraction of sp³-hybridized carbons (Fsp3) is 0.0400. The molecule has 260 valence electrons. The standard InChI is InChI=1S/2C25H20P2/c2*1-3-11-20(12-4-1)26(21-13-5-2-6-14-21)19-27-24-17-9-7-15-22(24)23-16-8-10-18-25(23)27/h2*1-18H,19H2. The van der Waals surface area contributed by atoms with Crippen LogP contribution in [0.25, 0.3) is 42.0 Å².